The zero-order chi connectivity index (χ0) is 15.7. The van der Waals surface area contributed by atoms with Gasteiger partial charge in [-0.3, -0.25) is 9.59 Å². The molecule has 116 valence electrons. The average Bonchev–Trinajstić information content (AvgIpc) is 2.43. The van der Waals surface area contributed by atoms with Gasteiger partial charge in [-0.05, 0) is 18.1 Å². The minimum atomic E-state index is -0.117. The van der Waals surface area contributed by atoms with Crippen molar-refractivity contribution in [3.63, 3.8) is 0 Å². The van der Waals surface area contributed by atoms with E-state index >= 15 is 0 Å². The summed E-state index contributed by atoms with van der Waals surface area (Å²) in [5.74, 6) is 0.221. The van der Waals surface area contributed by atoms with E-state index in [9.17, 15) is 9.59 Å². The van der Waals surface area contributed by atoms with Crippen LogP contribution in [-0.2, 0) is 9.59 Å². The number of nitrogens with one attached hydrogen (secondary N) is 3. The summed E-state index contributed by atoms with van der Waals surface area (Å²) in [6.07, 6.45) is 0.301. The molecule has 21 heavy (non-hydrogen) atoms. The lowest BCUT2D eigenvalue weighted by Gasteiger charge is -2.24. The molecule has 5 heteroatoms. The first-order valence-electron chi connectivity index (χ1n) is 7.31. The molecule has 3 N–H and O–H groups in total. The standard InChI is InChI=1S/C16H25N3O2/c1-12(2)15(19-14-7-5-4-6-8-14)11-18-16(21)9-10-17-13(3)20/h4-8,12,15,19H,9-11H2,1-3H3,(H,17,20)(H,18,21). The van der Waals surface area contributed by atoms with E-state index in [4.69, 9.17) is 0 Å². The van der Waals surface area contributed by atoms with Crippen LogP contribution in [0.3, 0.4) is 0 Å². The van der Waals surface area contributed by atoms with Crippen molar-refractivity contribution in [3.05, 3.63) is 30.3 Å². The monoisotopic (exact) mass is 291 g/mol. The molecule has 0 aliphatic rings. The third-order valence-electron chi connectivity index (χ3n) is 3.18. The maximum atomic E-state index is 11.7. The Morgan fingerprint density at radius 2 is 1.76 bits per heavy atom. The van der Waals surface area contributed by atoms with E-state index in [1.54, 1.807) is 0 Å². The van der Waals surface area contributed by atoms with Crippen molar-refractivity contribution in [1.29, 1.82) is 0 Å². The number of hydrogen-bond acceptors (Lipinski definition) is 3. The van der Waals surface area contributed by atoms with Crippen LogP contribution in [0.5, 0.6) is 0 Å². The van der Waals surface area contributed by atoms with Gasteiger partial charge < -0.3 is 16.0 Å². The lowest BCUT2D eigenvalue weighted by molar-refractivity contribution is -0.121. The van der Waals surface area contributed by atoms with Gasteiger partial charge in [0.2, 0.25) is 11.8 Å². The Bertz CT molecular complexity index is 446. The highest BCUT2D eigenvalue weighted by Gasteiger charge is 2.14. The third-order valence-corrected chi connectivity index (χ3v) is 3.18. The van der Waals surface area contributed by atoms with Gasteiger partial charge in [-0.2, -0.15) is 0 Å². The van der Waals surface area contributed by atoms with E-state index < -0.39 is 0 Å². The van der Waals surface area contributed by atoms with Crippen LogP contribution in [0.1, 0.15) is 27.2 Å². The molecule has 1 aromatic rings. The van der Waals surface area contributed by atoms with Crippen molar-refractivity contribution in [2.24, 2.45) is 5.92 Å². The largest absolute Gasteiger partial charge is 0.380 e. The van der Waals surface area contributed by atoms with Gasteiger partial charge in [-0.25, -0.2) is 0 Å². The highest BCUT2D eigenvalue weighted by atomic mass is 16.2. The maximum Gasteiger partial charge on any atom is 0.221 e. The van der Waals surface area contributed by atoms with Crippen LogP contribution >= 0.6 is 0 Å². The molecule has 2 amide bonds. The van der Waals surface area contributed by atoms with E-state index in [1.165, 1.54) is 6.92 Å². The first kappa shape index (κ1) is 17.0. The van der Waals surface area contributed by atoms with Crippen molar-refractivity contribution in [2.45, 2.75) is 33.2 Å². The molecule has 0 spiro atoms. The molecule has 1 rings (SSSR count). The lowest BCUT2D eigenvalue weighted by atomic mass is 10.0. The van der Waals surface area contributed by atoms with Crippen molar-refractivity contribution < 1.29 is 9.59 Å². The molecular weight excluding hydrogens is 266 g/mol. The van der Waals surface area contributed by atoms with Crippen molar-refractivity contribution in [2.75, 3.05) is 18.4 Å². The van der Waals surface area contributed by atoms with Crippen LogP contribution in [0.4, 0.5) is 5.69 Å². The highest BCUT2D eigenvalue weighted by Crippen LogP contribution is 2.11. The van der Waals surface area contributed by atoms with E-state index in [1.807, 2.05) is 30.3 Å². The second kappa shape index (κ2) is 9.00. The predicted molar refractivity (Wildman–Crippen MR) is 85.0 cm³/mol. The van der Waals surface area contributed by atoms with Crippen LogP contribution in [-0.4, -0.2) is 30.9 Å². The fraction of sp³-hybridized carbons (Fsp3) is 0.500. The molecule has 0 saturated heterocycles. The fourth-order valence-corrected chi connectivity index (χ4v) is 1.87. The summed E-state index contributed by atoms with van der Waals surface area (Å²) in [6.45, 7) is 6.61. The zero-order valence-electron chi connectivity index (χ0n) is 13.0. The van der Waals surface area contributed by atoms with Crippen molar-refractivity contribution >= 4 is 17.5 Å². The first-order chi connectivity index (χ1) is 9.99. The molecule has 0 aliphatic heterocycles. The van der Waals surface area contributed by atoms with Gasteiger partial charge in [-0.15, -0.1) is 0 Å². The molecule has 0 aliphatic carbocycles. The summed E-state index contributed by atoms with van der Waals surface area (Å²) in [6, 6.07) is 10.1. The molecule has 0 aromatic heterocycles. The smallest absolute Gasteiger partial charge is 0.221 e. The Kier molecular flexibility index (Phi) is 7.29. The Morgan fingerprint density at radius 1 is 1.10 bits per heavy atom. The van der Waals surface area contributed by atoms with E-state index in [-0.39, 0.29) is 17.9 Å². The van der Waals surface area contributed by atoms with Gasteiger partial charge in [-0.1, -0.05) is 32.0 Å². The van der Waals surface area contributed by atoms with E-state index in [0.29, 0.717) is 25.4 Å². The van der Waals surface area contributed by atoms with Gasteiger partial charge in [0.15, 0.2) is 0 Å². The number of amides is 2. The van der Waals surface area contributed by atoms with Crippen molar-refractivity contribution in [3.8, 4) is 0 Å². The Labute approximate surface area is 126 Å². The summed E-state index contributed by atoms with van der Waals surface area (Å²) >= 11 is 0. The molecular formula is C16H25N3O2. The van der Waals surface area contributed by atoms with Crippen LogP contribution < -0.4 is 16.0 Å². The fourth-order valence-electron chi connectivity index (χ4n) is 1.87. The van der Waals surface area contributed by atoms with Crippen LogP contribution in [0.15, 0.2) is 30.3 Å². The van der Waals surface area contributed by atoms with Gasteiger partial charge >= 0.3 is 0 Å². The molecule has 0 bridgehead atoms. The number of rotatable bonds is 8. The maximum absolute atomic E-state index is 11.7. The van der Waals surface area contributed by atoms with Gasteiger partial charge in [0.1, 0.15) is 0 Å². The quantitative estimate of drug-likeness (QED) is 0.683. The molecule has 1 aromatic carbocycles. The van der Waals surface area contributed by atoms with E-state index in [2.05, 4.69) is 29.8 Å². The predicted octanol–water partition coefficient (Wildman–Crippen LogP) is 1.77. The molecule has 1 atom stereocenters. The van der Waals surface area contributed by atoms with E-state index in [0.717, 1.165) is 5.69 Å². The first-order valence-corrected chi connectivity index (χ1v) is 7.31. The number of carbonyl (C=O) groups excluding carboxylic acids is 2. The topological polar surface area (TPSA) is 70.2 Å². The zero-order valence-corrected chi connectivity index (χ0v) is 13.0. The molecule has 0 heterocycles. The summed E-state index contributed by atoms with van der Waals surface area (Å²) in [4.78, 5) is 22.4. The normalized spacial score (nSPS) is 11.8. The summed E-state index contributed by atoms with van der Waals surface area (Å²) in [7, 11) is 0. The molecule has 0 saturated carbocycles. The number of carbonyl (C=O) groups is 2. The Hall–Kier alpha value is -2.04. The Morgan fingerprint density at radius 3 is 2.33 bits per heavy atom. The summed E-state index contributed by atoms with van der Waals surface area (Å²) < 4.78 is 0. The highest BCUT2D eigenvalue weighted by molar-refractivity contribution is 5.77. The second-order valence-corrected chi connectivity index (χ2v) is 5.40. The molecule has 0 fully saturated rings. The van der Waals surface area contributed by atoms with Crippen LogP contribution in [0.2, 0.25) is 0 Å². The minimum absolute atomic E-state index is 0.0516. The van der Waals surface area contributed by atoms with Crippen LogP contribution in [0.25, 0.3) is 0 Å². The average molecular weight is 291 g/mol. The van der Waals surface area contributed by atoms with Gasteiger partial charge in [0.25, 0.3) is 0 Å². The number of benzene rings is 1. The second-order valence-electron chi connectivity index (χ2n) is 5.40. The van der Waals surface area contributed by atoms with Gasteiger partial charge in [0.05, 0.1) is 0 Å². The van der Waals surface area contributed by atoms with Gasteiger partial charge in [0, 0.05) is 38.2 Å². The summed E-state index contributed by atoms with van der Waals surface area (Å²) in [5.41, 5.74) is 1.05. The minimum Gasteiger partial charge on any atom is -0.380 e. The third kappa shape index (κ3) is 7.34. The number of anilines is 1. The SMILES string of the molecule is CC(=O)NCCC(=O)NCC(Nc1ccccc1)C(C)C. The number of hydrogen-bond donors (Lipinski definition) is 3. The van der Waals surface area contributed by atoms with Crippen molar-refractivity contribution in [1.82, 2.24) is 10.6 Å². The Balaban J connectivity index is 2.37. The molecule has 1 unspecified atom stereocenters. The van der Waals surface area contributed by atoms with Crippen LogP contribution in [0, 0.1) is 5.92 Å². The molecule has 0 radical (unpaired) electrons. The number of para-hydroxylation sites is 1. The lowest BCUT2D eigenvalue weighted by Crippen LogP contribution is -2.40. The molecule has 5 nitrogen and oxygen atoms in total. The summed E-state index contributed by atoms with van der Waals surface area (Å²) in [5, 5.41) is 8.94.